The number of ether oxygens (including phenoxy) is 1. The average Bonchev–Trinajstić information content (AvgIpc) is 3.06. The molecule has 1 amide bonds. The molecule has 0 unspecified atom stereocenters. The lowest BCUT2D eigenvalue weighted by molar-refractivity contribution is -0.274. The first-order valence-corrected chi connectivity index (χ1v) is 10.6. The van der Waals surface area contributed by atoms with E-state index in [4.69, 9.17) is 0 Å². The van der Waals surface area contributed by atoms with Gasteiger partial charge < -0.3 is 9.64 Å². The summed E-state index contributed by atoms with van der Waals surface area (Å²) < 4.78 is 67.0. The summed E-state index contributed by atoms with van der Waals surface area (Å²) in [6.45, 7) is 2.55. The number of thiophene rings is 1. The molecule has 1 aromatic carbocycles. The highest BCUT2D eigenvalue weighted by molar-refractivity contribution is 7.89. The Kier molecular flexibility index (Phi) is 5.69. The summed E-state index contributed by atoms with van der Waals surface area (Å²) in [4.78, 5) is 14.6. The van der Waals surface area contributed by atoms with E-state index < -0.39 is 22.1 Å². The Morgan fingerprint density at radius 2 is 1.68 bits per heavy atom. The number of aryl methyl sites for hydroxylation is 1. The largest absolute Gasteiger partial charge is 0.573 e. The first-order valence-electron chi connectivity index (χ1n) is 8.27. The summed E-state index contributed by atoms with van der Waals surface area (Å²) >= 11 is 1.34. The minimum absolute atomic E-state index is 0.110. The van der Waals surface area contributed by atoms with Crippen LogP contribution in [0.4, 0.5) is 13.2 Å². The van der Waals surface area contributed by atoms with E-state index in [0.29, 0.717) is 4.88 Å². The number of carbonyl (C=O) groups excluding carboxylic acids is 1. The van der Waals surface area contributed by atoms with Crippen LogP contribution in [0, 0.1) is 6.92 Å². The highest BCUT2D eigenvalue weighted by atomic mass is 32.2. The summed E-state index contributed by atoms with van der Waals surface area (Å²) in [5, 5.41) is 1.83. The monoisotopic (exact) mass is 434 g/mol. The van der Waals surface area contributed by atoms with Crippen molar-refractivity contribution < 1.29 is 31.1 Å². The molecule has 1 aliphatic heterocycles. The van der Waals surface area contributed by atoms with Gasteiger partial charge in [0.1, 0.15) is 5.75 Å². The first kappa shape index (κ1) is 20.6. The van der Waals surface area contributed by atoms with Crippen molar-refractivity contribution in [2.45, 2.75) is 18.2 Å². The van der Waals surface area contributed by atoms with Crippen molar-refractivity contribution in [2.24, 2.45) is 0 Å². The number of hydrogen-bond acceptors (Lipinski definition) is 5. The summed E-state index contributed by atoms with van der Waals surface area (Å²) in [5.74, 6) is -0.619. The van der Waals surface area contributed by atoms with Gasteiger partial charge in [-0.25, -0.2) is 8.42 Å². The van der Waals surface area contributed by atoms with Crippen molar-refractivity contribution in [2.75, 3.05) is 26.2 Å². The van der Waals surface area contributed by atoms with Crippen molar-refractivity contribution in [1.82, 2.24) is 9.21 Å². The lowest BCUT2D eigenvalue weighted by atomic mass is 10.2. The molecular formula is C17H17F3N2O4S2. The average molecular weight is 434 g/mol. The van der Waals surface area contributed by atoms with Crippen LogP contribution in [0.1, 0.15) is 15.2 Å². The van der Waals surface area contributed by atoms with Crippen molar-refractivity contribution in [1.29, 1.82) is 0 Å². The van der Waals surface area contributed by atoms with E-state index in [2.05, 4.69) is 4.74 Å². The number of amides is 1. The molecule has 1 aliphatic rings. The van der Waals surface area contributed by atoms with Crippen LogP contribution in [0.2, 0.25) is 0 Å². The topological polar surface area (TPSA) is 66.9 Å². The second-order valence-electron chi connectivity index (χ2n) is 6.15. The van der Waals surface area contributed by atoms with Gasteiger partial charge in [-0.05, 0) is 48.2 Å². The smallest absolute Gasteiger partial charge is 0.406 e. The van der Waals surface area contributed by atoms with Crippen LogP contribution < -0.4 is 4.74 Å². The molecular weight excluding hydrogens is 417 g/mol. The predicted molar refractivity (Wildman–Crippen MR) is 96.8 cm³/mol. The number of hydrogen-bond donors (Lipinski definition) is 0. The Bertz CT molecular complexity index is 948. The van der Waals surface area contributed by atoms with Gasteiger partial charge in [0.15, 0.2) is 0 Å². The van der Waals surface area contributed by atoms with Gasteiger partial charge in [0.25, 0.3) is 5.91 Å². The lowest BCUT2D eigenvalue weighted by Gasteiger charge is -2.34. The first-order chi connectivity index (χ1) is 13.1. The zero-order valence-electron chi connectivity index (χ0n) is 14.8. The van der Waals surface area contributed by atoms with E-state index in [0.717, 1.165) is 29.8 Å². The molecule has 0 bridgehead atoms. The highest BCUT2D eigenvalue weighted by Gasteiger charge is 2.33. The van der Waals surface area contributed by atoms with Crippen molar-refractivity contribution >= 4 is 27.3 Å². The number of rotatable bonds is 4. The van der Waals surface area contributed by atoms with Gasteiger partial charge in [-0.15, -0.1) is 24.5 Å². The fraction of sp³-hybridized carbons (Fsp3) is 0.353. The number of halogens is 3. The zero-order chi connectivity index (χ0) is 20.5. The van der Waals surface area contributed by atoms with E-state index in [1.807, 2.05) is 18.4 Å². The third-order valence-corrected chi connectivity index (χ3v) is 7.19. The van der Waals surface area contributed by atoms with Crippen LogP contribution in [0.5, 0.6) is 5.75 Å². The molecule has 11 heteroatoms. The molecule has 3 rings (SSSR count). The maximum absolute atomic E-state index is 12.7. The molecule has 0 aliphatic carbocycles. The van der Waals surface area contributed by atoms with Gasteiger partial charge in [-0.3, -0.25) is 4.79 Å². The molecule has 1 fully saturated rings. The summed E-state index contributed by atoms with van der Waals surface area (Å²) in [6, 6.07) is 5.91. The van der Waals surface area contributed by atoms with Crippen LogP contribution >= 0.6 is 11.3 Å². The zero-order valence-corrected chi connectivity index (χ0v) is 16.4. The third kappa shape index (κ3) is 4.47. The number of carbonyl (C=O) groups is 1. The van der Waals surface area contributed by atoms with Gasteiger partial charge in [0.2, 0.25) is 10.0 Å². The molecule has 152 valence electrons. The molecule has 0 spiro atoms. The second-order valence-corrected chi connectivity index (χ2v) is 9.00. The van der Waals surface area contributed by atoms with Crippen LogP contribution in [0.15, 0.2) is 40.6 Å². The molecule has 0 N–H and O–H groups in total. The molecule has 0 saturated carbocycles. The Hall–Kier alpha value is -2.11. The van der Waals surface area contributed by atoms with Gasteiger partial charge in [0.05, 0.1) is 9.77 Å². The maximum atomic E-state index is 12.7. The Labute approximate surface area is 164 Å². The Balaban J connectivity index is 1.66. The molecule has 6 nitrogen and oxygen atoms in total. The molecule has 2 heterocycles. The molecule has 0 atom stereocenters. The number of benzene rings is 1. The van der Waals surface area contributed by atoms with E-state index in [1.165, 1.54) is 15.6 Å². The van der Waals surface area contributed by atoms with Crippen molar-refractivity contribution in [3.8, 4) is 5.75 Å². The standard InChI is InChI=1S/C17H17F3N2O4S2/c1-12-6-11-27-15(12)16(23)21-7-9-22(10-8-21)28(24,25)14-4-2-13(3-5-14)26-17(18,19)20/h2-6,11H,7-10H2,1H3. The normalized spacial score (nSPS) is 16.2. The van der Waals surface area contributed by atoms with Gasteiger partial charge >= 0.3 is 6.36 Å². The van der Waals surface area contributed by atoms with Crippen molar-refractivity contribution in [3.63, 3.8) is 0 Å². The molecule has 2 aromatic rings. The minimum atomic E-state index is -4.84. The fourth-order valence-corrected chi connectivity index (χ4v) is 5.14. The summed E-state index contributed by atoms with van der Waals surface area (Å²) in [6.07, 6.45) is -4.84. The van der Waals surface area contributed by atoms with Crippen LogP contribution in [0.3, 0.4) is 0 Å². The van der Waals surface area contributed by atoms with Gasteiger partial charge in [0, 0.05) is 26.2 Å². The van der Waals surface area contributed by atoms with Crippen LogP contribution in [0.25, 0.3) is 0 Å². The number of alkyl halides is 3. The molecule has 28 heavy (non-hydrogen) atoms. The summed E-state index contributed by atoms with van der Waals surface area (Å²) in [7, 11) is -3.87. The lowest BCUT2D eigenvalue weighted by Crippen LogP contribution is -2.50. The number of piperazine rings is 1. The second kappa shape index (κ2) is 7.72. The number of sulfonamides is 1. The molecule has 1 saturated heterocycles. The quantitative estimate of drug-likeness (QED) is 0.742. The van der Waals surface area contributed by atoms with Crippen LogP contribution in [-0.4, -0.2) is 56.1 Å². The predicted octanol–water partition coefficient (Wildman–Crippen LogP) is 3.10. The van der Waals surface area contributed by atoms with E-state index in [-0.39, 0.29) is 37.0 Å². The summed E-state index contributed by atoms with van der Waals surface area (Å²) in [5.41, 5.74) is 0.881. The van der Waals surface area contributed by atoms with E-state index in [9.17, 15) is 26.4 Å². The Morgan fingerprint density at radius 3 is 2.18 bits per heavy atom. The van der Waals surface area contributed by atoms with Crippen LogP contribution in [-0.2, 0) is 10.0 Å². The fourth-order valence-electron chi connectivity index (χ4n) is 2.83. The SMILES string of the molecule is Cc1ccsc1C(=O)N1CCN(S(=O)(=O)c2ccc(OC(F)(F)F)cc2)CC1. The van der Waals surface area contributed by atoms with Gasteiger partial charge in [-0.1, -0.05) is 0 Å². The highest BCUT2D eigenvalue weighted by Crippen LogP contribution is 2.26. The van der Waals surface area contributed by atoms with Gasteiger partial charge in [-0.2, -0.15) is 4.31 Å². The minimum Gasteiger partial charge on any atom is -0.406 e. The number of nitrogens with zero attached hydrogens (tertiary/aromatic N) is 2. The van der Waals surface area contributed by atoms with E-state index >= 15 is 0 Å². The van der Waals surface area contributed by atoms with Crippen molar-refractivity contribution in [3.05, 3.63) is 46.2 Å². The third-order valence-electron chi connectivity index (χ3n) is 4.28. The Morgan fingerprint density at radius 1 is 1.07 bits per heavy atom. The molecule has 1 aromatic heterocycles. The maximum Gasteiger partial charge on any atom is 0.573 e. The van der Waals surface area contributed by atoms with E-state index in [1.54, 1.807) is 4.90 Å². The molecule has 0 radical (unpaired) electrons.